The maximum absolute atomic E-state index is 13.6. The van der Waals surface area contributed by atoms with Gasteiger partial charge in [-0.25, -0.2) is 0 Å². The predicted molar refractivity (Wildman–Crippen MR) is 113 cm³/mol. The van der Waals surface area contributed by atoms with Crippen molar-refractivity contribution in [2.75, 3.05) is 4.90 Å². The molecule has 3 aliphatic heterocycles. The number of imide groups is 1. The molecular formula is C23H22N2O3S. The highest BCUT2D eigenvalue weighted by atomic mass is 32.1. The van der Waals surface area contributed by atoms with E-state index < -0.39 is 23.4 Å². The Balaban J connectivity index is 1.68. The molecule has 0 bridgehead atoms. The van der Waals surface area contributed by atoms with Crippen molar-refractivity contribution in [3.63, 3.8) is 0 Å². The number of hydrogen-bond donors (Lipinski definition) is 0. The number of hydrogen-bond acceptors (Lipinski definition) is 5. The topological polar surface area (TPSA) is 57.7 Å². The molecule has 0 spiro atoms. The number of thiophene rings is 1. The molecule has 0 radical (unpaired) electrons. The van der Waals surface area contributed by atoms with Crippen LogP contribution in [-0.4, -0.2) is 40.1 Å². The Morgan fingerprint density at radius 3 is 2.41 bits per heavy atom. The van der Waals surface area contributed by atoms with Gasteiger partial charge in [-0.3, -0.25) is 19.3 Å². The molecule has 0 N–H and O–H groups in total. The van der Waals surface area contributed by atoms with Gasteiger partial charge in [-0.1, -0.05) is 36.4 Å². The summed E-state index contributed by atoms with van der Waals surface area (Å²) in [5.74, 6) is -1.70. The Labute approximate surface area is 173 Å². The van der Waals surface area contributed by atoms with Gasteiger partial charge in [-0.2, -0.15) is 0 Å². The summed E-state index contributed by atoms with van der Waals surface area (Å²) in [4.78, 5) is 44.5. The van der Waals surface area contributed by atoms with Crippen LogP contribution in [0.5, 0.6) is 0 Å². The van der Waals surface area contributed by atoms with Crippen molar-refractivity contribution in [2.45, 2.75) is 38.4 Å². The van der Waals surface area contributed by atoms with Crippen LogP contribution < -0.4 is 4.90 Å². The zero-order valence-corrected chi connectivity index (χ0v) is 17.3. The lowest BCUT2D eigenvalue weighted by atomic mass is 9.87. The fourth-order valence-electron chi connectivity index (χ4n) is 5.04. The molecule has 5 nitrogen and oxygen atoms in total. The summed E-state index contributed by atoms with van der Waals surface area (Å²) >= 11 is 1.38. The van der Waals surface area contributed by atoms with Crippen LogP contribution in [0, 0.1) is 11.8 Å². The smallest absolute Gasteiger partial charge is 0.236 e. The van der Waals surface area contributed by atoms with Gasteiger partial charge in [0, 0.05) is 11.2 Å². The number of para-hydroxylation sites is 1. The number of carbonyl (C=O) groups excluding carboxylic acids is 3. The zero-order chi connectivity index (χ0) is 20.5. The summed E-state index contributed by atoms with van der Waals surface area (Å²) in [7, 11) is 0. The number of ketones is 1. The third-order valence-electron chi connectivity index (χ3n) is 6.12. The van der Waals surface area contributed by atoms with E-state index in [1.165, 1.54) is 16.2 Å². The average molecular weight is 407 g/mol. The van der Waals surface area contributed by atoms with Crippen molar-refractivity contribution in [3.05, 3.63) is 58.3 Å². The zero-order valence-electron chi connectivity index (χ0n) is 16.5. The number of anilines is 1. The average Bonchev–Trinajstić information content (AvgIpc) is 3.37. The normalized spacial score (nSPS) is 27.8. The van der Waals surface area contributed by atoms with Crippen molar-refractivity contribution in [3.8, 4) is 0 Å². The lowest BCUT2D eigenvalue weighted by molar-refractivity contribution is -0.145. The first-order chi connectivity index (χ1) is 13.8. The lowest BCUT2D eigenvalue weighted by Gasteiger charge is -2.38. The first kappa shape index (κ1) is 18.3. The summed E-state index contributed by atoms with van der Waals surface area (Å²) in [5, 5.41) is 1.87. The molecule has 2 saturated heterocycles. The second-order valence-corrected chi connectivity index (χ2v) is 9.78. The maximum Gasteiger partial charge on any atom is 0.236 e. The standard InChI is InChI=1S/C23H22N2O3S/c1-23(2,3)25-21(27)17-15-11-10-13-7-4-5-8-14(13)24(15)19(18(17)22(25)28)20(26)16-9-6-12-29-16/h4-12,15,17-19H,1-3H3/t15-,17-,18+,19+/m1/s1. The Morgan fingerprint density at radius 1 is 1.00 bits per heavy atom. The third-order valence-corrected chi connectivity index (χ3v) is 7.00. The minimum absolute atomic E-state index is 0.0838. The van der Waals surface area contributed by atoms with E-state index in [4.69, 9.17) is 0 Å². The molecule has 0 saturated carbocycles. The molecule has 4 atom stereocenters. The number of likely N-dealkylation sites (tertiary alicyclic amines) is 1. The van der Waals surface area contributed by atoms with Crippen LogP contribution >= 0.6 is 11.3 Å². The van der Waals surface area contributed by atoms with Crippen molar-refractivity contribution in [1.82, 2.24) is 4.90 Å². The summed E-state index contributed by atoms with van der Waals surface area (Å²) in [6, 6.07) is 10.5. The van der Waals surface area contributed by atoms with E-state index in [9.17, 15) is 14.4 Å². The van der Waals surface area contributed by atoms with E-state index >= 15 is 0 Å². The molecule has 3 aliphatic rings. The molecule has 2 amide bonds. The van der Waals surface area contributed by atoms with E-state index in [-0.39, 0.29) is 23.6 Å². The Kier molecular flexibility index (Phi) is 3.87. The van der Waals surface area contributed by atoms with E-state index in [0.717, 1.165) is 11.3 Å². The summed E-state index contributed by atoms with van der Waals surface area (Å²) in [5.41, 5.74) is 1.29. The Bertz CT molecular complexity index is 1050. The van der Waals surface area contributed by atoms with Crippen LogP contribution in [0.2, 0.25) is 0 Å². The highest BCUT2D eigenvalue weighted by Crippen LogP contribution is 2.50. The number of nitrogens with zero attached hydrogens (tertiary/aromatic N) is 2. The van der Waals surface area contributed by atoms with Gasteiger partial charge < -0.3 is 4.90 Å². The molecule has 1 aromatic carbocycles. The van der Waals surface area contributed by atoms with Gasteiger partial charge >= 0.3 is 0 Å². The molecule has 4 heterocycles. The number of Topliss-reactive ketones (excluding diaryl/α,β-unsaturated/α-hetero) is 1. The van der Waals surface area contributed by atoms with Gasteiger partial charge in [0.2, 0.25) is 11.8 Å². The molecule has 148 valence electrons. The monoisotopic (exact) mass is 406 g/mol. The fraction of sp³-hybridized carbons (Fsp3) is 0.348. The summed E-state index contributed by atoms with van der Waals surface area (Å²) in [6.45, 7) is 5.59. The summed E-state index contributed by atoms with van der Waals surface area (Å²) < 4.78 is 0. The molecule has 29 heavy (non-hydrogen) atoms. The SMILES string of the molecule is CC(C)(C)N1C(=O)[C@H]2[C@H](C1=O)[C@@H](C(=O)c1cccs1)N1c3ccccc3C=C[C@H]21. The molecular weight excluding hydrogens is 384 g/mol. The fourth-order valence-corrected chi connectivity index (χ4v) is 5.74. The van der Waals surface area contributed by atoms with Gasteiger partial charge in [-0.05, 0) is 43.8 Å². The van der Waals surface area contributed by atoms with Crippen molar-refractivity contribution in [1.29, 1.82) is 0 Å². The van der Waals surface area contributed by atoms with E-state index in [0.29, 0.717) is 4.88 Å². The van der Waals surface area contributed by atoms with E-state index in [2.05, 4.69) is 0 Å². The van der Waals surface area contributed by atoms with Crippen molar-refractivity contribution in [2.24, 2.45) is 11.8 Å². The molecule has 1 aromatic heterocycles. The van der Waals surface area contributed by atoms with Crippen LogP contribution in [-0.2, 0) is 9.59 Å². The van der Waals surface area contributed by atoms with Crippen LogP contribution in [0.25, 0.3) is 6.08 Å². The molecule has 2 aromatic rings. The molecule has 5 rings (SSSR count). The van der Waals surface area contributed by atoms with Crippen LogP contribution in [0.15, 0.2) is 47.9 Å². The highest BCUT2D eigenvalue weighted by molar-refractivity contribution is 7.12. The number of rotatable bonds is 2. The van der Waals surface area contributed by atoms with Gasteiger partial charge in [0.15, 0.2) is 5.78 Å². The molecule has 0 unspecified atom stereocenters. The van der Waals surface area contributed by atoms with E-state index in [1.54, 1.807) is 6.07 Å². The first-order valence-corrected chi connectivity index (χ1v) is 10.7. The molecule has 6 heteroatoms. The van der Waals surface area contributed by atoms with Gasteiger partial charge in [0.05, 0.1) is 22.8 Å². The third kappa shape index (κ3) is 2.48. The largest absolute Gasteiger partial charge is 0.352 e. The Morgan fingerprint density at radius 2 is 1.72 bits per heavy atom. The van der Waals surface area contributed by atoms with Gasteiger partial charge in [0.25, 0.3) is 0 Å². The lowest BCUT2D eigenvalue weighted by Crippen LogP contribution is -2.52. The van der Waals surface area contributed by atoms with Crippen LogP contribution in [0.1, 0.15) is 36.0 Å². The summed E-state index contributed by atoms with van der Waals surface area (Å²) in [6.07, 6.45) is 3.99. The number of amides is 2. The molecule has 0 aliphatic carbocycles. The predicted octanol–water partition coefficient (Wildman–Crippen LogP) is 3.61. The Hall–Kier alpha value is -2.73. The molecule has 2 fully saturated rings. The van der Waals surface area contributed by atoms with Crippen LogP contribution in [0.4, 0.5) is 5.69 Å². The number of fused-ring (bicyclic) bond motifs is 5. The second kappa shape index (κ2) is 6.13. The second-order valence-electron chi connectivity index (χ2n) is 8.84. The van der Waals surface area contributed by atoms with Crippen LogP contribution in [0.3, 0.4) is 0 Å². The quantitative estimate of drug-likeness (QED) is 0.565. The number of benzene rings is 1. The van der Waals surface area contributed by atoms with E-state index in [1.807, 2.05) is 73.5 Å². The first-order valence-electron chi connectivity index (χ1n) is 9.82. The van der Waals surface area contributed by atoms with Crippen molar-refractivity contribution >= 4 is 40.7 Å². The number of carbonyl (C=O) groups is 3. The van der Waals surface area contributed by atoms with Gasteiger partial charge in [0.1, 0.15) is 6.04 Å². The maximum atomic E-state index is 13.6. The van der Waals surface area contributed by atoms with Crippen molar-refractivity contribution < 1.29 is 14.4 Å². The highest BCUT2D eigenvalue weighted by Gasteiger charge is 2.65. The minimum Gasteiger partial charge on any atom is -0.352 e. The van der Waals surface area contributed by atoms with Gasteiger partial charge in [-0.15, -0.1) is 11.3 Å². The minimum atomic E-state index is -0.682.